The molecule has 0 aliphatic carbocycles. The van der Waals surface area contributed by atoms with Crippen molar-refractivity contribution in [2.75, 3.05) is 51.4 Å². The first kappa shape index (κ1) is 18.7. The summed E-state index contributed by atoms with van der Waals surface area (Å²) in [5.74, 6) is 1.87. The van der Waals surface area contributed by atoms with Crippen molar-refractivity contribution in [1.82, 2.24) is 9.21 Å². The van der Waals surface area contributed by atoms with Crippen LogP contribution in [-0.2, 0) is 14.8 Å². The smallest absolute Gasteiger partial charge is 0.253 e. The molecule has 2 heterocycles. The molecule has 25 heavy (non-hydrogen) atoms. The summed E-state index contributed by atoms with van der Waals surface area (Å²) < 4.78 is 32.3. The molecule has 6 nitrogen and oxygen atoms in total. The highest BCUT2D eigenvalue weighted by Crippen LogP contribution is 2.23. The van der Waals surface area contributed by atoms with Crippen LogP contribution < -0.4 is 0 Å². The second-order valence-electron chi connectivity index (χ2n) is 6.41. The Hall–Kier alpha value is -1.09. The number of methoxy groups -OCH3 is 1. The van der Waals surface area contributed by atoms with Gasteiger partial charge >= 0.3 is 0 Å². The zero-order valence-electron chi connectivity index (χ0n) is 14.4. The van der Waals surface area contributed by atoms with E-state index in [0.29, 0.717) is 44.3 Å². The van der Waals surface area contributed by atoms with Crippen molar-refractivity contribution < 1.29 is 17.9 Å². The number of hydrogen-bond acceptors (Lipinski definition) is 5. The molecule has 3 rings (SSSR count). The number of ether oxygens (including phenoxy) is 1. The van der Waals surface area contributed by atoms with Crippen molar-refractivity contribution in [2.24, 2.45) is 5.92 Å². The summed E-state index contributed by atoms with van der Waals surface area (Å²) in [7, 11) is -1.87. The minimum absolute atomic E-state index is 0.107. The third-order valence-corrected chi connectivity index (χ3v) is 7.50. The van der Waals surface area contributed by atoms with Crippen LogP contribution in [0.3, 0.4) is 0 Å². The summed E-state index contributed by atoms with van der Waals surface area (Å²) in [4.78, 5) is 14.7. The van der Waals surface area contributed by atoms with Crippen molar-refractivity contribution in [3.05, 3.63) is 29.8 Å². The Labute approximate surface area is 153 Å². The van der Waals surface area contributed by atoms with Gasteiger partial charge in [-0.3, -0.25) is 4.79 Å². The Bertz CT molecular complexity index is 717. The van der Waals surface area contributed by atoms with Crippen LogP contribution >= 0.6 is 11.8 Å². The molecule has 8 heteroatoms. The zero-order valence-corrected chi connectivity index (χ0v) is 16.0. The lowest BCUT2D eigenvalue weighted by Gasteiger charge is -2.26. The molecule has 0 aromatic heterocycles. The van der Waals surface area contributed by atoms with Gasteiger partial charge in [-0.1, -0.05) is 6.07 Å². The third-order valence-electron chi connectivity index (χ3n) is 4.66. The summed E-state index contributed by atoms with van der Waals surface area (Å²) in [6.07, 6.45) is 0.920. The number of sulfonamides is 1. The molecule has 1 atom stereocenters. The normalized spacial score (nSPS) is 22.3. The van der Waals surface area contributed by atoms with E-state index in [1.54, 1.807) is 42.0 Å². The summed E-state index contributed by atoms with van der Waals surface area (Å²) in [6, 6.07) is 6.44. The van der Waals surface area contributed by atoms with E-state index in [-0.39, 0.29) is 10.8 Å². The first-order chi connectivity index (χ1) is 12.0. The van der Waals surface area contributed by atoms with E-state index in [1.165, 1.54) is 10.4 Å². The van der Waals surface area contributed by atoms with Crippen molar-refractivity contribution in [3.63, 3.8) is 0 Å². The maximum absolute atomic E-state index is 12.8. The van der Waals surface area contributed by atoms with Crippen molar-refractivity contribution in [3.8, 4) is 0 Å². The van der Waals surface area contributed by atoms with Crippen LogP contribution in [0.2, 0.25) is 0 Å². The number of nitrogens with zero attached hydrogens (tertiary/aromatic N) is 2. The Morgan fingerprint density at radius 2 is 2.04 bits per heavy atom. The first-order valence-corrected chi connectivity index (χ1v) is 11.1. The lowest BCUT2D eigenvalue weighted by Crippen LogP contribution is -2.38. The van der Waals surface area contributed by atoms with Crippen LogP contribution in [0.4, 0.5) is 0 Å². The summed E-state index contributed by atoms with van der Waals surface area (Å²) in [6.45, 7) is 3.04. The second kappa shape index (κ2) is 8.07. The van der Waals surface area contributed by atoms with E-state index in [0.717, 1.165) is 17.9 Å². The molecule has 2 aliphatic rings. The molecule has 138 valence electrons. The first-order valence-electron chi connectivity index (χ1n) is 8.48. The Morgan fingerprint density at radius 1 is 1.28 bits per heavy atom. The summed E-state index contributed by atoms with van der Waals surface area (Å²) in [5, 5.41) is 0. The molecular formula is C17H24N2O4S2. The van der Waals surface area contributed by atoms with Crippen LogP contribution in [-0.4, -0.2) is 74.9 Å². The van der Waals surface area contributed by atoms with Gasteiger partial charge in [0.1, 0.15) is 0 Å². The topological polar surface area (TPSA) is 66.9 Å². The molecule has 0 N–H and O–H groups in total. The Morgan fingerprint density at radius 3 is 2.76 bits per heavy atom. The van der Waals surface area contributed by atoms with E-state index in [9.17, 15) is 13.2 Å². The second-order valence-corrected chi connectivity index (χ2v) is 9.57. The summed E-state index contributed by atoms with van der Waals surface area (Å²) >= 11 is 1.76. The number of likely N-dealkylation sites (tertiary alicyclic amines) is 1. The Balaban J connectivity index is 1.76. The van der Waals surface area contributed by atoms with Gasteiger partial charge in [-0.05, 0) is 24.6 Å². The van der Waals surface area contributed by atoms with Gasteiger partial charge in [0.2, 0.25) is 10.0 Å². The molecule has 1 unspecified atom stereocenters. The fourth-order valence-corrected chi connectivity index (χ4v) is 5.92. The van der Waals surface area contributed by atoms with Crippen LogP contribution in [0, 0.1) is 5.92 Å². The van der Waals surface area contributed by atoms with Gasteiger partial charge in [0.25, 0.3) is 5.91 Å². The molecule has 0 spiro atoms. The quantitative estimate of drug-likeness (QED) is 0.770. The number of hydrogen-bond donors (Lipinski definition) is 0. The maximum atomic E-state index is 12.8. The standard InChI is InChI=1S/C17H24N2O4S2/c1-23-13-14-5-6-18(12-14)17(20)15-3-2-4-16(11-15)25(21,22)19-7-9-24-10-8-19/h2-4,11,14H,5-10,12-13H2,1H3. The number of rotatable bonds is 5. The predicted molar refractivity (Wildman–Crippen MR) is 98.4 cm³/mol. The number of amides is 1. The fourth-order valence-electron chi connectivity index (χ4n) is 3.30. The lowest BCUT2D eigenvalue weighted by molar-refractivity contribution is 0.0775. The van der Waals surface area contributed by atoms with Gasteiger partial charge < -0.3 is 9.64 Å². The highest BCUT2D eigenvalue weighted by molar-refractivity contribution is 7.99. The SMILES string of the molecule is COCC1CCN(C(=O)c2cccc(S(=O)(=O)N3CCSCC3)c2)C1. The monoisotopic (exact) mass is 384 g/mol. The molecule has 1 aromatic rings. The average Bonchev–Trinajstić information content (AvgIpc) is 3.11. The van der Waals surface area contributed by atoms with E-state index >= 15 is 0 Å². The van der Waals surface area contributed by atoms with E-state index in [4.69, 9.17) is 4.74 Å². The molecular weight excluding hydrogens is 360 g/mol. The molecule has 2 aliphatic heterocycles. The van der Waals surface area contributed by atoms with E-state index < -0.39 is 10.0 Å². The zero-order chi connectivity index (χ0) is 17.9. The Kier molecular flexibility index (Phi) is 6.04. The lowest BCUT2D eigenvalue weighted by atomic mass is 10.1. The molecule has 1 amide bonds. The largest absolute Gasteiger partial charge is 0.384 e. The van der Waals surface area contributed by atoms with E-state index in [1.807, 2.05) is 0 Å². The van der Waals surface area contributed by atoms with Crippen molar-refractivity contribution >= 4 is 27.7 Å². The average molecular weight is 385 g/mol. The van der Waals surface area contributed by atoms with Crippen molar-refractivity contribution in [1.29, 1.82) is 0 Å². The van der Waals surface area contributed by atoms with Gasteiger partial charge in [-0.25, -0.2) is 8.42 Å². The number of carbonyl (C=O) groups is 1. The van der Waals surface area contributed by atoms with Crippen LogP contribution in [0.5, 0.6) is 0 Å². The van der Waals surface area contributed by atoms with Crippen LogP contribution in [0.25, 0.3) is 0 Å². The predicted octanol–water partition coefficient (Wildman–Crippen LogP) is 1.53. The molecule has 1 aromatic carbocycles. The molecule has 0 bridgehead atoms. The minimum Gasteiger partial charge on any atom is -0.384 e. The van der Waals surface area contributed by atoms with E-state index in [2.05, 4.69) is 0 Å². The third kappa shape index (κ3) is 4.19. The van der Waals surface area contributed by atoms with Gasteiger partial charge in [-0.2, -0.15) is 16.1 Å². The molecule has 0 radical (unpaired) electrons. The highest BCUT2D eigenvalue weighted by atomic mass is 32.2. The minimum atomic E-state index is -3.53. The van der Waals surface area contributed by atoms with Crippen molar-refractivity contribution in [2.45, 2.75) is 11.3 Å². The summed E-state index contributed by atoms with van der Waals surface area (Å²) in [5.41, 5.74) is 0.436. The van der Waals surface area contributed by atoms with Gasteiger partial charge in [0, 0.05) is 56.3 Å². The van der Waals surface area contributed by atoms with Gasteiger partial charge in [0.15, 0.2) is 0 Å². The van der Waals surface area contributed by atoms with Crippen LogP contribution in [0.1, 0.15) is 16.8 Å². The van der Waals surface area contributed by atoms with Crippen LogP contribution in [0.15, 0.2) is 29.2 Å². The molecule has 2 saturated heterocycles. The number of benzene rings is 1. The van der Waals surface area contributed by atoms with Gasteiger partial charge in [-0.15, -0.1) is 0 Å². The molecule has 0 saturated carbocycles. The van der Waals surface area contributed by atoms with Gasteiger partial charge in [0.05, 0.1) is 11.5 Å². The maximum Gasteiger partial charge on any atom is 0.253 e. The number of thioether (sulfide) groups is 1. The highest BCUT2D eigenvalue weighted by Gasteiger charge is 2.29. The fraction of sp³-hybridized carbons (Fsp3) is 0.588. The molecule has 2 fully saturated rings. The number of carbonyl (C=O) groups excluding carboxylic acids is 1.